The molecule has 0 heterocycles. The molecule has 3 N–H and O–H groups in total. The van der Waals surface area contributed by atoms with Crippen LogP contribution in [0.25, 0.3) is 11.1 Å². The van der Waals surface area contributed by atoms with Crippen LogP contribution in [0.15, 0.2) is 53.5 Å². The van der Waals surface area contributed by atoms with Gasteiger partial charge in [0.15, 0.2) is 5.96 Å². The Morgan fingerprint density at radius 2 is 1.79 bits per heavy atom. The molecule has 2 aromatic carbocycles. The highest BCUT2D eigenvalue weighted by Gasteiger charge is 2.29. The quantitative estimate of drug-likeness (QED) is 0.225. The second-order valence-corrected chi connectivity index (χ2v) is 7.19. The van der Waals surface area contributed by atoms with Crippen molar-refractivity contribution in [1.82, 2.24) is 5.32 Å². The number of carbonyl (C=O) groups is 2. The number of nitrogens with zero attached hydrogens (tertiary/aromatic N) is 1. The molecule has 0 amide bonds. The van der Waals surface area contributed by atoms with Crippen molar-refractivity contribution in [3.05, 3.63) is 59.7 Å². The minimum atomic E-state index is -0.354. The summed E-state index contributed by atoms with van der Waals surface area (Å²) in [7, 11) is 1.60. The lowest BCUT2D eigenvalue weighted by Crippen LogP contribution is -2.32. The molecule has 6 heteroatoms. The summed E-state index contributed by atoms with van der Waals surface area (Å²) in [5.74, 6) is -0.301. The standard InChI is InChI=1S/C23H27N3O3/c1-25-23(24)26-12-6-7-16(14-27)13-22(28)29-15-21-19-10-4-2-8-17(19)18-9-3-5-11-20(18)21/h2-5,8-11,14,16,21H,6-7,12-13,15H2,1H3,(H3,24,25,26)/t16-/m1/s1. The number of benzene rings is 2. The summed E-state index contributed by atoms with van der Waals surface area (Å²) < 4.78 is 5.58. The maximum Gasteiger partial charge on any atom is 0.306 e. The Labute approximate surface area is 171 Å². The Bertz CT molecular complexity index is 849. The SMILES string of the molecule is CN=C(N)NCCC[C@@H](C=O)CC(=O)OCC1c2ccccc2-c2ccccc21. The van der Waals surface area contributed by atoms with Gasteiger partial charge in [-0.2, -0.15) is 0 Å². The fourth-order valence-corrected chi connectivity index (χ4v) is 3.77. The summed E-state index contributed by atoms with van der Waals surface area (Å²) in [6, 6.07) is 16.4. The predicted molar refractivity (Wildman–Crippen MR) is 114 cm³/mol. The van der Waals surface area contributed by atoms with Crippen LogP contribution in [0.5, 0.6) is 0 Å². The number of aldehydes is 1. The first-order valence-electron chi connectivity index (χ1n) is 9.89. The molecule has 0 fully saturated rings. The normalized spacial score (nSPS) is 14.0. The van der Waals surface area contributed by atoms with Crippen LogP contribution >= 0.6 is 0 Å². The molecule has 0 saturated heterocycles. The van der Waals surface area contributed by atoms with Crippen molar-refractivity contribution in [1.29, 1.82) is 0 Å². The van der Waals surface area contributed by atoms with E-state index in [0.717, 1.165) is 12.7 Å². The first-order valence-corrected chi connectivity index (χ1v) is 9.89. The molecule has 0 aromatic heterocycles. The molecule has 0 radical (unpaired) electrons. The number of rotatable bonds is 9. The van der Waals surface area contributed by atoms with Gasteiger partial charge in [-0.05, 0) is 35.1 Å². The van der Waals surface area contributed by atoms with E-state index in [1.54, 1.807) is 7.05 Å². The van der Waals surface area contributed by atoms with Gasteiger partial charge in [0, 0.05) is 25.4 Å². The number of hydrogen-bond acceptors (Lipinski definition) is 4. The van der Waals surface area contributed by atoms with Crippen LogP contribution in [-0.4, -0.2) is 38.4 Å². The Kier molecular flexibility index (Phi) is 7.00. The molecule has 0 saturated carbocycles. The number of carbonyl (C=O) groups excluding carboxylic acids is 2. The second kappa shape index (κ2) is 9.87. The van der Waals surface area contributed by atoms with Crippen LogP contribution in [0.1, 0.15) is 36.3 Å². The van der Waals surface area contributed by atoms with E-state index in [-0.39, 0.29) is 30.8 Å². The van der Waals surface area contributed by atoms with Gasteiger partial charge in [0.25, 0.3) is 0 Å². The van der Waals surface area contributed by atoms with Crippen LogP contribution in [0.3, 0.4) is 0 Å². The van der Waals surface area contributed by atoms with Crippen molar-refractivity contribution < 1.29 is 14.3 Å². The number of guanidine groups is 1. The number of esters is 1. The van der Waals surface area contributed by atoms with E-state index in [1.165, 1.54) is 22.3 Å². The van der Waals surface area contributed by atoms with Crippen molar-refractivity contribution in [2.24, 2.45) is 16.6 Å². The smallest absolute Gasteiger partial charge is 0.306 e. The number of hydrogen-bond donors (Lipinski definition) is 2. The molecular weight excluding hydrogens is 366 g/mol. The number of nitrogens with one attached hydrogen (secondary N) is 1. The van der Waals surface area contributed by atoms with Crippen LogP contribution in [-0.2, 0) is 14.3 Å². The summed E-state index contributed by atoms with van der Waals surface area (Å²) in [4.78, 5) is 27.5. The molecule has 0 aliphatic heterocycles. The van der Waals surface area contributed by atoms with Gasteiger partial charge in [0.05, 0.1) is 6.42 Å². The van der Waals surface area contributed by atoms with Crippen LogP contribution in [0.4, 0.5) is 0 Å². The van der Waals surface area contributed by atoms with Crippen molar-refractivity contribution in [3.63, 3.8) is 0 Å². The van der Waals surface area contributed by atoms with Gasteiger partial charge in [-0.25, -0.2) is 0 Å². The summed E-state index contributed by atoms with van der Waals surface area (Å²) in [6.07, 6.45) is 2.24. The summed E-state index contributed by atoms with van der Waals surface area (Å²) in [5.41, 5.74) is 10.3. The van der Waals surface area contributed by atoms with E-state index in [4.69, 9.17) is 10.5 Å². The van der Waals surface area contributed by atoms with E-state index in [2.05, 4.69) is 34.6 Å². The van der Waals surface area contributed by atoms with Gasteiger partial charge in [0.2, 0.25) is 0 Å². The molecule has 29 heavy (non-hydrogen) atoms. The average molecular weight is 393 g/mol. The van der Waals surface area contributed by atoms with E-state index in [1.807, 2.05) is 24.3 Å². The Morgan fingerprint density at radius 3 is 2.38 bits per heavy atom. The molecule has 152 valence electrons. The highest BCUT2D eigenvalue weighted by Crippen LogP contribution is 2.44. The van der Waals surface area contributed by atoms with Gasteiger partial charge in [-0.3, -0.25) is 9.79 Å². The first-order chi connectivity index (χ1) is 14.1. The maximum absolute atomic E-state index is 12.3. The van der Waals surface area contributed by atoms with Crippen molar-refractivity contribution in [3.8, 4) is 11.1 Å². The van der Waals surface area contributed by atoms with E-state index in [9.17, 15) is 9.59 Å². The van der Waals surface area contributed by atoms with Crippen LogP contribution < -0.4 is 11.1 Å². The molecular formula is C23H27N3O3. The van der Waals surface area contributed by atoms with Crippen LogP contribution in [0, 0.1) is 5.92 Å². The fourth-order valence-electron chi connectivity index (χ4n) is 3.77. The monoisotopic (exact) mass is 393 g/mol. The predicted octanol–water partition coefficient (Wildman–Crippen LogP) is 2.86. The van der Waals surface area contributed by atoms with Crippen molar-refractivity contribution in [2.45, 2.75) is 25.2 Å². The minimum absolute atomic E-state index is 0.0292. The summed E-state index contributed by atoms with van der Waals surface area (Å²) in [5, 5.41) is 2.94. The van der Waals surface area contributed by atoms with E-state index >= 15 is 0 Å². The molecule has 0 spiro atoms. The molecule has 3 rings (SSSR count). The Morgan fingerprint density at radius 1 is 1.17 bits per heavy atom. The highest BCUT2D eigenvalue weighted by atomic mass is 16.5. The van der Waals surface area contributed by atoms with Crippen molar-refractivity contribution >= 4 is 18.2 Å². The molecule has 6 nitrogen and oxygen atoms in total. The zero-order chi connectivity index (χ0) is 20.6. The molecule has 1 atom stereocenters. The fraction of sp³-hybridized carbons (Fsp3) is 0.348. The van der Waals surface area contributed by atoms with Gasteiger partial charge >= 0.3 is 5.97 Å². The maximum atomic E-state index is 12.3. The number of aliphatic imine (C=N–C) groups is 1. The largest absolute Gasteiger partial charge is 0.465 e. The Balaban J connectivity index is 1.53. The van der Waals surface area contributed by atoms with Gasteiger partial charge in [0.1, 0.15) is 12.9 Å². The lowest BCUT2D eigenvalue weighted by molar-refractivity contribution is -0.146. The third-order valence-corrected chi connectivity index (χ3v) is 5.29. The number of ether oxygens (including phenoxy) is 1. The Hall–Kier alpha value is -3.15. The van der Waals surface area contributed by atoms with Gasteiger partial charge in [-0.15, -0.1) is 0 Å². The molecule has 2 aromatic rings. The number of fused-ring (bicyclic) bond motifs is 3. The van der Waals surface area contributed by atoms with Gasteiger partial charge in [-0.1, -0.05) is 48.5 Å². The second-order valence-electron chi connectivity index (χ2n) is 7.19. The van der Waals surface area contributed by atoms with Crippen LogP contribution in [0.2, 0.25) is 0 Å². The lowest BCUT2D eigenvalue weighted by Gasteiger charge is -2.15. The van der Waals surface area contributed by atoms with Gasteiger partial charge < -0.3 is 20.6 Å². The molecule has 1 aliphatic rings. The first kappa shape index (κ1) is 20.6. The third-order valence-electron chi connectivity index (χ3n) is 5.29. The highest BCUT2D eigenvalue weighted by molar-refractivity contribution is 5.79. The van der Waals surface area contributed by atoms with E-state index in [0.29, 0.717) is 18.9 Å². The lowest BCUT2D eigenvalue weighted by atomic mass is 9.98. The van der Waals surface area contributed by atoms with E-state index < -0.39 is 0 Å². The molecule has 0 unspecified atom stereocenters. The average Bonchev–Trinajstić information content (AvgIpc) is 3.08. The molecule has 0 bridgehead atoms. The third kappa shape index (κ3) is 5.02. The van der Waals surface area contributed by atoms with Crippen molar-refractivity contribution in [2.75, 3.05) is 20.2 Å². The summed E-state index contributed by atoms with van der Waals surface area (Å²) in [6.45, 7) is 0.891. The minimum Gasteiger partial charge on any atom is -0.465 e. The summed E-state index contributed by atoms with van der Waals surface area (Å²) >= 11 is 0. The number of nitrogens with two attached hydrogens (primary N) is 1. The molecule has 1 aliphatic carbocycles. The zero-order valence-electron chi connectivity index (χ0n) is 16.6. The topological polar surface area (TPSA) is 93.8 Å². The zero-order valence-corrected chi connectivity index (χ0v) is 16.6.